The standard InChI is InChI=1S/C16H19F3N4/c1-2-22-10-8-20-15(22)12-5-4-9-23(11-12)14-7-3-6-13(21-14)16(17,18)19/h3,6-8,10,12H,2,4-5,9,11H2,1H3. The quantitative estimate of drug-likeness (QED) is 0.863. The van der Waals surface area contributed by atoms with Gasteiger partial charge in [0.15, 0.2) is 0 Å². The van der Waals surface area contributed by atoms with Gasteiger partial charge in [0.1, 0.15) is 17.3 Å². The van der Waals surface area contributed by atoms with Crippen LogP contribution in [-0.4, -0.2) is 27.6 Å². The second kappa shape index (κ2) is 6.22. The molecule has 2 aromatic heterocycles. The van der Waals surface area contributed by atoms with Crippen molar-refractivity contribution in [3.8, 4) is 0 Å². The first-order valence-electron chi connectivity index (χ1n) is 7.79. The summed E-state index contributed by atoms with van der Waals surface area (Å²) in [6.45, 7) is 4.26. The molecule has 1 unspecified atom stereocenters. The van der Waals surface area contributed by atoms with Crippen molar-refractivity contribution in [1.29, 1.82) is 0 Å². The third kappa shape index (κ3) is 3.33. The van der Waals surface area contributed by atoms with Gasteiger partial charge in [-0.2, -0.15) is 13.2 Å². The number of hydrogen-bond acceptors (Lipinski definition) is 3. The molecule has 1 atom stereocenters. The fourth-order valence-electron chi connectivity index (χ4n) is 3.10. The minimum absolute atomic E-state index is 0.218. The predicted molar refractivity (Wildman–Crippen MR) is 81.3 cm³/mol. The van der Waals surface area contributed by atoms with Crippen molar-refractivity contribution in [2.24, 2.45) is 0 Å². The summed E-state index contributed by atoms with van der Waals surface area (Å²) in [7, 11) is 0. The number of pyridine rings is 1. The van der Waals surface area contributed by atoms with Crippen molar-refractivity contribution in [2.45, 2.75) is 38.4 Å². The Balaban J connectivity index is 1.81. The number of piperidine rings is 1. The number of aryl methyl sites for hydroxylation is 1. The van der Waals surface area contributed by atoms with Crippen LogP contribution < -0.4 is 4.90 Å². The molecule has 1 saturated heterocycles. The van der Waals surface area contributed by atoms with Gasteiger partial charge < -0.3 is 9.47 Å². The van der Waals surface area contributed by atoms with Gasteiger partial charge >= 0.3 is 6.18 Å². The van der Waals surface area contributed by atoms with Crippen LogP contribution in [0.1, 0.15) is 37.2 Å². The first-order chi connectivity index (χ1) is 11.0. The third-order valence-electron chi connectivity index (χ3n) is 4.22. The summed E-state index contributed by atoms with van der Waals surface area (Å²) in [6.07, 6.45) is 1.21. The average molecular weight is 324 g/mol. The predicted octanol–water partition coefficient (Wildman–Crippen LogP) is 3.70. The Labute approximate surface area is 133 Å². The highest BCUT2D eigenvalue weighted by molar-refractivity contribution is 5.41. The Morgan fingerprint density at radius 2 is 2.13 bits per heavy atom. The molecule has 2 aromatic rings. The first kappa shape index (κ1) is 15.8. The largest absolute Gasteiger partial charge is 0.433 e. The van der Waals surface area contributed by atoms with Gasteiger partial charge in [-0.05, 0) is 31.9 Å². The molecular formula is C16H19F3N4. The van der Waals surface area contributed by atoms with Crippen LogP contribution in [0.3, 0.4) is 0 Å². The zero-order valence-electron chi connectivity index (χ0n) is 12.9. The van der Waals surface area contributed by atoms with Crippen molar-refractivity contribution in [3.05, 3.63) is 42.1 Å². The van der Waals surface area contributed by atoms with E-state index in [1.54, 1.807) is 12.3 Å². The second-order valence-electron chi connectivity index (χ2n) is 5.74. The lowest BCUT2D eigenvalue weighted by Crippen LogP contribution is -2.36. The monoisotopic (exact) mass is 324 g/mol. The van der Waals surface area contributed by atoms with Gasteiger partial charge in [0.25, 0.3) is 0 Å². The maximum atomic E-state index is 12.8. The molecule has 7 heteroatoms. The summed E-state index contributed by atoms with van der Waals surface area (Å²) in [5.74, 6) is 1.61. The number of nitrogens with zero attached hydrogens (tertiary/aromatic N) is 4. The fraction of sp³-hybridized carbons (Fsp3) is 0.500. The molecule has 0 amide bonds. The molecule has 0 radical (unpaired) electrons. The van der Waals surface area contributed by atoms with Gasteiger partial charge in [-0.3, -0.25) is 0 Å². The van der Waals surface area contributed by atoms with Crippen LogP contribution in [0.2, 0.25) is 0 Å². The van der Waals surface area contributed by atoms with Crippen LogP contribution in [0.25, 0.3) is 0 Å². The topological polar surface area (TPSA) is 34.0 Å². The number of alkyl halides is 3. The summed E-state index contributed by atoms with van der Waals surface area (Å²) in [6, 6.07) is 4.07. The van der Waals surface area contributed by atoms with Crippen LogP contribution in [0.5, 0.6) is 0 Å². The minimum Gasteiger partial charge on any atom is -0.356 e. The molecule has 0 aliphatic carbocycles. The number of halogens is 3. The van der Waals surface area contributed by atoms with E-state index in [1.165, 1.54) is 6.07 Å². The highest BCUT2D eigenvalue weighted by Crippen LogP contribution is 2.31. The summed E-state index contributed by atoms with van der Waals surface area (Å²) in [4.78, 5) is 10.2. The van der Waals surface area contributed by atoms with Crippen LogP contribution in [-0.2, 0) is 12.7 Å². The lowest BCUT2D eigenvalue weighted by Gasteiger charge is -2.33. The molecule has 3 rings (SSSR count). The molecule has 1 aliphatic heterocycles. The Morgan fingerprint density at radius 1 is 1.30 bits per heavy atom. The summed E-state index contributed by atoms with van der Waals surface area (Å²) >= 11 is 0. The van der Waals surface area contributed by atoms with E-state index in [0.717, 1.165) is 37.8 Å². The lowest BCUT2D eigenvalue weighted by molar-refractivity contribution is -0.141. The molecule has 0 saturated carbocycles. The number of rotatable bonds is 3. The van der Waals surface area contributed by atoms with Crippen molar-refractivity contribution >= 4 is 5.82 Å². The summed E-state index contributed by atoms with van der Waals surface area (Å²) in [5.41, 5.74) is -0.841. The molecule has 23 heavy (non-hydrogen) atoms. The highest BCUT2D eigenvalue weighted by atomic mass is 19.4. The van der Waals surface area contributed by atoms with Gasteiger partial charge in [0.05, 0.1) is 0 Å². The van der Waals surface area contributed by atoms with Gasteiger partial charge in [-0.25, -0.2) is 9.97 Å². The molecule has 1 fully saturated rings. The van der Waals surface area contributed by atoms with Gasteiger partial charge in [-0.15, -0.1) is 0 Å². The maximum Gasteiger partial charge on any atom is 0.433 e. The molecule has 3 heterocycles. The Morgan fingerprint density at radius 3 is 2.87 bits per heavy atom. The van der Waals surface area contributed by atoms with E-state index >= 15 is 0 Å². The Kier molecular flexibility index (Phi) is 4.28. The van der Waals surface area contributed by atoms with Crippen molar-refractivity contribution < 1.29 is 13.2 Å². The first-order valence-corrected chi connectivity index (χ1v) is 7.79. The SMILES string of the molecule is CCn1ccnc1C1CCCN(c2cccc(C(F)(F)F)n2)C1. The number of aromatic nitrogens is 3. The minimum atomic E-state index is -4.41. The Bertz CT molecular complexity index is 665. The number of hydrogen-bond donors (Lipinski definition) is 0. The lowest BCUT2D eigenvalue weighted by atomic mass is 9.97. The number of imidazole rings is 1. The van der Waals surface area contributed by atoms with Crippen molar-refractivity contribution in [2.75, 3.05) is 18.0 Å². The zero-order valence-corrected chi connectivity index (χ0v) is 12.9. The molecule has 0 bridgehead atoms. The van der Waals surface area contributed by atoms with Gasteiger partial charge in [-0.1, -0.05) is 6.07 Å². The normalized spacial score (nSPS) is 19.1. The smallest absolute Gasteiger partial charge is 0.356 e. The van der Waals surface area contributed by atoms with E-state index in [9.17, 15) is 13.2 Å². The van der Waals surface area contributed by atoms with Crippen LogP contribution in [0.15, 0.2) is 30.6 Å². The average Bonchev–Trinajstić information content (AvgIpc) is 3.03. The van der Waals surface area contributed by atoms with E-state index < -0.39 is 11.9 Å². The number of anilines is 1. The molecule has 124 valence electrons. The maximum absolute atomic E-state index is 12.8. The molecule has 0 spiro atoms. The van der Waals surface area contributed by atoms with E-state index in [0.29, 0.717) is 12.4 Å². The zero-order chi connectivity index (χ0) is 16.4. The molecule has 1 aliphatic rings. The molecular weight excluding hydrogens is 305 g/mol. The molecule has 4 nitrogen and oxygen atoms in total. The molecule has 0 aromatic carbocycles. The van der Waals surface area contributed by atoms with E-state index in [1.807, 2.05) is 11.1 Å². The fourth-order valence-corrected chi connectivity index (χ4v) is 3.10. The Hall–Kier alpha value is -2.05. The highest BCUT2D eigenvalue weighted by Gasteiger charge is 2.33. The van der Waals surface area contributed by atoms with Crippen molar-refractivity contribution in [3.63, 3.8) is 0 Å². The van der Waals surface area contributed by atoms with E-state index in [4.69, 9.17) is 0 Å². The van der Waals surface area contributed by atoms with Crippen molar-refractivity contribution in [1.82, 2.24) is 14.5 Å². The van der Waals surface area contributed by atoms with Crippen LogP contribution >= 0.6 is 0 Å². The van der Waals surface area contributed by atoms with Gasteiger partial charge in [0, 0.05) is 37.9 Å². The van der Waals surface area contributed by atoms with Gasteiger partial charge in [0.2, 0.25) is 0 Å². The van der Waals surface area contributed by atoms with E-state index in [2.05, 4.69) is 21.5 Å². The second-order valence-corrected chi connectivity index (χ2v) is 5.74. The van der Waals surface area contributed by atoms with E-state index in [-0.39, 0.29) is 5.92 Å². The van der Waals surface area contributed by atoms with Crippen LogP contribution in [0.4, 0.5) is 19.0 Å². The van der Waals surface area contributed by atoms with Crippen LogP contribution in [0, 0.1) is 0 Å². The summed E-state index contributed by atoms with van der Waals surface area (Å²) in [5, 5.41) is 0. The third-order valence-corrected chi connectivity index (χ3v) is 4.22. The summed E-state index contributed by atoms with van der Waals surface area (Å²) < 4.78 is 40.6. The molecule has 0 N–H and O–H groups in total.